The minimum atomic E-state index is -0.656. The van der Waals surface area contributed by atoms with Gasteiger partial charge in [0.05, 0.1) is 32.1 Å². The topological polar surface area (TPSA) is 37.4 Å². The van der Waals surface area contributed by atoms with Crippen LogP contribution in [0.25, 0.3) is 0 Å². The summed E-state index contributed by atoms with van der Waals surface area (Å²) in [5.74, 6) is -0.325. The molecule has 22 heavy (non-hydrogen) atoms. The van der Waals surface area contributed by atoms with E-state index in [0.717, 1.165) is 21.1 Å². The van der Waals surface area contributed by atoms with Crippen molar-refractivity contribution in [3.8, 4) is 0 Å². The van der Waals surface area contributed by atoms with Crippen LogP contribution in [0.2, 0.25) is 0 Å². The molecule has 116 valence electrons. The Morgan fingerprint density at radius 1 is 1.45 bits per heavy atom. The first-order valence-electron chi connectivity index (χ1n) is 7.68. The Kier molecular flexibility index (Phi) is 4.49. The van der Waals surface area contributed by atoms with Crippen LogP contribution in [-0.2, 0) is 17.8 Å². The number of nitrogens with zero attached hydrogens (tertiary/aromatic N) is 2. The van der Waals surface area contributed by atoms with Gasteiger partial charge in [-0.15, -0.1) is 0 Å². The van der Waals surface area contributed by atoms with E-state index in [1.165, 1.54) is 6.07 Å². The fraction of sp³-hybridized carbons (Fsp3) is 0.312. The van der Waals surface area contributed by atoms with Crippen molar-refractivity contribution in [1.29, 1.82) is 0 Å². The molecule has 2 heterocycles. The van der Waals surface area contributed by atoms with Gasteiger partial charge in [-0.2, -0.15) is 5.06 Å². The minimum absolute atomic E-state index is 0.325. The van der Waals surface area contributed by atoms with Gasteiger partial charge in [-0.3, -0.25) is 9.82 Å². The molecule has 0 radical (unpaired) electrons. The Morgan fingerprint density at radius 3 is 3.09 bits per heavy atom. The minimum Gasteiger partial charge on any atom is -0.352 e. The number of nitrogens with one attached hydrogen (secondary N) is 1. The number of pyridine rings is 1. The molecule has 0 spiro atoms. The molecule has 0 bridgehead atoms. The van der Waals surface area contributed by atoms with Gasteiger partial charge in [0.1, 0.15) is 5.82 Å². The van der Waals surface area contributed by atoms with Gasteiger partial charge in [0.15, 0.2) is 0 Å². The van der Waals surface area contributed by atoms with Crippen LogP contribution in [0.3, 0.4) is 0 Å². The zero-order valence-electron chi connectivity index (χ0n) is 13.1. The SMILES string of the molecule is [2H]C1c2c(cncc2Nc2ccc(I)cc2F)CCN1OCC. The fourth-order valence-electron chi connectivity index (χ4n) is 2.41. The van der Waals surface area contributed by atoms with Gasteiger partial charge in [-0.25, -0.2) is 4.39 Å². The fourth-order valence-corrected chi connectivity index (χ4v) is 2.86. The van der Waals surface area contributed by atoms with Crippen LogP contribution in [-0.4, -0.2) is 23.2 Å². The number of hydrogen-bond donors (Lipinski definition) is 1. The second kappa shape index (κ2) is 6.89. The number of anilines is 2. The number of halogens is 2. The predicted octanol–water partition coefficient (Wildman–Crippen LogP) is 3.88. The molecule has 6 heteroatoms. The quantitative estimate of drug-likeness (QED) is 0.771. The zero-order chi connectivity index (χ0) is 16.4. The average Bonchev–Trinajstić information content (AvgIpc) is 2.53. The molecule has 3 rings (SSSR count). The molecule has 1 aromatic heterocycles. The lowest BCUT2D eigenvalue weighted by Gasteiger charge is -2.29. The van der Waals surface area contributed by atoms with E-state index in [1.54, 1.807) is 23.5 Å². The normalized spacial score (nSPS) is 18.7. The lowest BCUT2D eigenvalue weighted by atomic mass is 10.0. The van der Waals surface area contributed by atoms with Crippen LogP contribution in [0.4, 0.5) is 15.8 Å². The average molecular weight is 414 g/mol. The van der Waals surface area contributed by atoms with E-state index in [9.17, 15) is 4.39 Å². The summed E-state index contributed by atoms with van der Waals surface area (Å²) in [6, 6.07) is 4.99. The maximum atomic E-state index is 14.1. The van der Waals surface area contributed by atoms with Crippen LogP contribution in [0.15, 0.2) is 30.6 Å². The van der Waals surface area contributed by atoms with E-state index < -0.39 is 6.52 Å². The standard InChI is InChI=1S/C16H17FIN3O/c1-2-22-21-6-5-11-8-19-9-16(13(11)10-21)20-15-4-3-12(18)7-14(15)17/h3-4,7-9,20H,2,5-6,10H2,1H3/i10D. The predicted molar refractivity (Wildman–Crippen MR) is 92.4 cm³/mol. The molecular formula is C16H17FIN3O. The van der Waals surface area contributed by atoms with E-state index in [4.69, 9.17) is 6.21 Å². The van der Waals surface area contributed by atoms with E-state index in [2.05, 4.69) is 32.9 Å². The van der Waals surface area contributed by atoms with Gasteiger partial charge in [0.25, 0.3) is 0 Å². The van der Waals surface area contributed by atoms with Crippen molar-refractivity contribution in [1.82, 2.24) is 10.0 Å². The summed E-state index contributed by atoms with van der Waals surface area (Å²) < 4.78 is 23.4. The first-order valence-corrected chi connectivity index (χ1v) is 8.18. The second-order valence-corrected chi connectivity index (χ2v) is 6.19. The summed E-state index contributed by atoms with van der Waals surface area (Å²) >= 11 is 2.07. The number of benzene rings is 1. The lowest BCUT2D eigenvalue weighted by molar-refractivity contribution is -0.164. The highest BCUT2D eigenvalue weighted by Gasteiger charge is 2.20. The molecule has 1 unspecified atom stereocenters. The van der Waals surface area contributed by atoms with Crippen LogP contribution < -0.4 is 5.32 Å². The monoisotopic (exact) mass is 414 g/mol. The number of fused-ring (bicyclic) bond motifs is 1. The first-order chi connectivity index (χ1) is 11.1. The first kappa shape index (κ1) is 14.3. The van der Waals surface area contributed by atoms with Crippen LogP contribution in [0.1, 0.15) is 19.4 Å². The largest absolute Gasteiger partial charge is 0.352 e. The molecule has 1 atom stereocenters. The van der Waals surface area contributed by atoms with Gasteiger partial charge in [0.2, 0.25) is 0 Å². The van der Waals surface area contributed by atoms with Crippen molar-refractivity contribution in [3.05, 3.63) is 51.1 Å². The molecule has 0 saturated heterocycles. The van der Waals surface area contributed by atoms with Gasteiger partial charge in [0, 0.05) is 16.3 Å². The molecule has 1 aromatic carbocycles. The summed E-state index contributed by atoms with van der Waals surface area (Å²) in [6.07, 6.45) is 4.16. The Bertz CT molecular complexity index is 716. The Balaban J connectivity index is 1.95. The Labute approximate surface area is 144 Å². The van der Waals surface area contributed by atoms with Gasteiger partial charge in [-0.05, 0) is 65.3 Å². The van der Waals surface area contributed by atoms with Crippen LogP contribution in [0.5, 0.6) is 0 Å². The van der Waals surface area contributed by atoms with Crippen molar-refractivity contribution in [2.75, 3.05) is 18.5 Å². The Hall–Kier alpha value is -1.25. The summed E-state index contributed by atoms with van der Waals surface area (Å²) in [5, 5.41) is 4.73. The lowest BCUT2D eigenvalue weighted by Crippen LogP contribution is -2.31. The third-order valence-corrected chi connectivity index (χ3v) is 4.11. The maximum absolute atomic E-state index is 14.1. The molecular weight excluding hydrogens is 396 g/mol. The van der Waals surface area contributed by atoms with Gasteiger partial charge < -0.3 is 5.32 Å². The number of aromatic nitrogens is 1. The van der Waals surface area contributed by atoms with Crippen molar-refractivity contribution in [3.63, 3.8) is 0 Å². The summed E-state index contributed by atoms with van der Waals surface area (Å²) in [4.78, 5) is 9.74. The third-order valence-electron chi connectivity index (χ3n) is 3.44. The van der Waals surface area contributed by atoms with E-state index in [1.807, 2.05) is 13.0 Å². The molecule has 1 N–H and O–H groups in total. The molecule has 2 aromatic rings. The van der Waals surface area contributed by atoms with Crippen molar-refractivity contribution in [2.45, 2.75) is 19.9 Å². The highest BCUT2D eigenvalue weighted by atomic mass is 127. The summed E-state index contributed by atoms with van der Waals surface area (Å²) in [5.41, 5.74) is 2.81. The van der Waals surface area contributed by atoms with Crippen LogP contribution in [0, 0.1) is 9.39 Å². The number of hydroxylamine groups is 2. The van der Waals surface area contributed by atoms with Gasteiger partial charge in [-0.1, -0.05) is 0 Å². The highest BCUT2D eigenvalue weighted by molar-refractivity contribution is 14.1. The molecule has 0 saturated carbocycles. The summed E-state index contributed by atoms with van der Waals surface area (Å²) in [6.45, 7) is 2.41. The zero-order valence-corrected chi connectivity index (χ0v) is 14.3. The second-order valence-electron chi connectivity index (χ2n) is 4.95. The molecule has 0 amide bonds. The van der Waals surface area contributed by atoms with E-state index in [-0.39, 0.29) is 5.82 Å². The summed E-state index contributed by atoms with van der Waals surface area (Å²) in [7, 11) is 0. The van der Waals surface area contributed by atoms with Gasteiger partial charge >= 0.3 is 0 Å². The maximum Gasteiger partial charge on any atom is 0.147 e. The van der Waals surface area contributed by atoms with Crippen molar-refractivity contribution in [2.24, 2.45) is 0 Å². The highest BCUT2D eigenvalue weighted by Crippen LogP contribution is 2.29. The molecule has 1 aliphatic heterocycles. The van der Waals surface area contributed by atoms with E-state index >= 15 is 0 Å². The molecule has 4 nitrogen and oxygen atoms in total. The number of rotatable bonds is 4. The van der Waals surface area contributed by atoms with Crippen LogP contribution >= 0.6 is 22.6 Å². The smallest absolute Gasteiger partial charge is 0.147 e. The molecule has 1 aliphatic rings. The Morgan fingerprint density at radius 2 is 2.32 bits per heavy atom. The van der Waals surface area contributed by atoms with E-state index in [0.29, 0.717) is 24.5 Å². The van der Waals surface area contributed by atoms with Crippen molar-refractivity contribution >= 4 is 34.0 Å². The van der Waals surface area contributed by atoms with Crippen molar-refractivity contribution < 1.29 is 10.6 Å². The number of hydrogen-bond acceptors (Lipinski definition) is 4. The molecule has 0 aliphatic carbocycles. The third kappa shape index (κ3) is 3.39. The molecule has 0 fully saturated rings.